The third-order valence-electron chi connectivity index (χ3n) is 6.32. The molecule has 3 aliphatic rings. The molecule has 24 heavy (non-hydrogen) atoms. The van der Waals surface area contributed by atoms with E-state index in [4.69, 9.17) is 5.21 Å². The van der Waals surface area contributed by atoms with Gasteiger partial charge < -0.3 is 4.90 Å². The van der Waals surface area contributed by atoms with E-state index in [1.807, 2.05) is 0 Å². The zero-order valence-electron chi connectivity index (χ0n) is 14.0. The van der Waals surface area contributed by atoms with E-state index in [0.29, 0.717) is 23.6 Å². The van der Waals surface area contributed by atoms with Crippen LogP contribution in [0.3, 0.4) is 0 Å². The first-order valence-electron chi connectivity index (χ1n) is 8.71. The molecular weight excluding hydrogens is 309 g/mol. The number of fused-ring (bicyclic) bond motifs is 1. The number of carbonyl (C=O) groups excluding carboxylic acids is 1. The summed E-state index contributed by atoms with van der Waals surface area (Å²) in [7, 11) is 2.18. The summed E-state index contributed by atoms with van der Waals surface area (Å²) in [6.07, 6.45) is 4.48. The summed E-state index contributed by atoms with van der Waals surface area (Å²) >= 11 is 0. The van der Waals surface area contributed by atoms with Crippen molar-refractivity contribution in [3.8, 4) is 0 Å². The monoisotopic (exact) mass is 333 g/mol. The van der Waals surface area contributed by atoms with Crippen molar-refractivity contribution in [3.05, 3.63) is 34.6 Å². The molecule has 2 fully saturated rings. The van der Waals surface area contributed by atoms with Crippen molar-refractivity contribution in [1.82, 2.24) is 15.3 Å². The zero-order valence-corrected chi connectivity index (χ0v) is 14.0. The number of amides is 1. The molecular formula is C18H24FN3O2. The normalized spacial score (nSPS) is 30.2. The molecule has 1 amide bonds. The van der Waals surface area contributed by atoms with Gasteiger partial charge in [-0.2, -0.15) is 0 Å². The average molecular weight is 333 g/mol. The summed E-state index contributed by atoms with van der Waals surface area (Å²) in [4.78, 5) is 16.4. The molecule has 0 radical (unpaired) electrons. The Bertz CT molecular complexity index is 680. The molecule has 0 bridgehead atoms. The van der Waals surface area contributed by atoms with Crippen molar-refractivity contribution in [3.63, 3.8) is 0 Å². The molecule has 6 heteroatoms. The minimum atomic E-state index is -0.661. The molecule has 0 aromatic heterocycles. The Balaban J connectivity index is 1.55. The Morgan fingerprint density at radius 1 is 1.38 bits per heavy atom. The summed E-state index contributed by atoms with van der Waals surface area (Å²) in [5.41, 5.74) is 3.76. The van der Waals surface area contributed by atoms with Gasteiger partial charge in [-0.15, -0.1) is 0 Å². The fraction of sp³-hybridized carbons (Fsp3) is 0.611. The number of hydrogen-bond donors (Lipinski definition) is 2. The molecule has 0 unspecified atom stereocenters. The highest BCUT2D eigenvalue weighted by atomic mass is 19.1. The van der Waals surface area contributed by atoms with E-state index in [-0.39, 0.29) is 11.4 Å². The Morgan fingerprint density at radius 2 is 2.21 bits per heavy atom. The third kappa shape index (κ3) is 2.44. The first-order chi connectivity index (χ1) is 11.5. The highest BCUT2D eigenvalue weighted by molar-refractivity contribution is 5.93. The summed E-state index contributed by atoms with van der Waals surface area (Å²) < 4.78 is 14.5. The average Bonchev–Trinajstić information content (AvgIpc) is 2.98. The van der Waals surface area contributed by atoms with Gasteiger partial charge in [-0.1, -0.05) is 0 Å². The summed E-state index contributed by atoms with van der Waals surface area (Å²) in [5, 5.41) is 8.74. The number of benzene rings is 1. The zero-order chi connectivity index (χ0) is 16.9. The first kappa shape index (κ1) is 16.0. The van der Waals surface area contributed by atoms with Crippen molar-refractivity contribution in [2.75, 3.05) is 26.7 Å². The Labute approximate surface area is 141 Å². The number of nitrogens with one attached hydrogen (secondary N) is 1. The van der Waals surface area contributed by atoms with E-state index < -0.39 is 5.91 Å². The quantitative estimate of drug-likeness (QED) is 0.640. The van der Waals surface area contributed by atoms with E-state index in [1.165, 1.54) is 25.3 Å². The van der Waals surface area contributed by atoms with Gasteiger partial charge in [0.2, 0.25) is 0 Å². The van der Waals surface area contributed by atoms with Crippen LogP contribution in [0.5, 0.6) is 0 Å². The highest BCUT2D eigenvalue weighted by Gasteiger charge is 2.52. The van der Waals surface area contributed by atoms with Crippen LogP contribution < -0.4 is 5.48 Å². The predicted molar refractivity (Wildman–Crippen MR) is 87.3 cm³/mol. The lowest BCUT2D eigenvalue weighted by molar-refractivity contribution is -0.0264. The van der Waals surface area contributed by atoms with Gasteiger partial charge in [-0.25, -0.2) is 9.87 Å². The molecule has 1 aliphatic carbocycles. The molecule has 1 aromatic carbocycles. The molecule has 1 saturated heterocycles. The van der Waals surface area contributed by atoms with Gasteiger partial charge in [0, 0.05) is 36.8 Å². The standard InChI is InChI=1S/C18H24FN3O2/c1-21-7-5-18(11-21)4-2-16(18)22-6-3-12-8-13(17(23)20-24)9-15(19)14(12)10-22/h8-9,16,24H,2-7,10-11H2,1H3,(H,20,23)/t16-,18+/m1/s1. The van der Waals surface area contributed by atoms with Crippen molar-refractivity contribution < 1.29 is 14.4 Å². The summed E-state index contributed by atoms with van der Waals surface area (Å²) in [6, 6.07) is 3.49. The van der Waals surface area contributed by atoms with Gasteiger partial charge in [-0.05, 0) is 62.4 Å². The Morgan fingerprint density at radius 3 is 2.83 bits per heavy atom. The first-order valence-corrected chi connectivity index (χ1v) is 8.71. The smallest absolute Gasteiger partial charge is 0.274 e. The minimum Gasteiger partial charge on any atom is -0.306 e. The van der Waals surface area contributed by atoms with Crippen molar-refractivity contribution in [2.45, 2.75) is 38.3 Å². The number of carbonyl (C=O) groups is 1. The lowest BCUT2D eigenvalue weighted by Gasteiger charge is -2.53. The fourth-order valence-corrected chi connectivity index (χ4v) is 4.94. The van der Waals surface area contributed by atoms with Crippen molar-refractivity contribution >= 4 is 5.91 Å². The molecule has 1 aromatic rings. The largest absolute Gasteiger partial charge is 0.306 e. The van der Waals surface area contributed by atoms with Crippen LogP contribution in [0, 0.1) is 11.2 Å². The molecule has 130 valence electrons. The molecule has 2 aliphatic heterocycles. The second-order valence-corrected chi connectivity index (χ2v) is 7.66. The molecule has 2 heterocycles. The van der Waals surface area contributed by atoms with Crippen LogP contribution >= 0.6 is 0 Å². The SMILES string of the molecule is CN1CC[C@@]2(CC[C@H]2N2CCc3cc(C(=O)NO)cc(F)c3C2)C1. The van der Waals surface area contributed by atoms with E-state index in [9.17, 15) is 9.18 Å². The summed E-state index contributed by atoms with van der Waals surface area (Å²) in [6.45, 7) is 3.85. The van der Waals surface area contributed by atoms with Crippen molar-refractivity contribution in [2.24, 2.45) is 5.41 Å². The van der Waals surface area contributed by atoms with E-state index in [1.54, 1.807) is 11.5 Å². The summed E-state index contributed by atoms with van der Waals surface area (Å²) in [5.74, 6) is -1.00. The van der Waals surface area contributed by atoms with Gasteiger partial charge >= 0.3 is 0 Å². The highest BCUT2D eigenvalue weighted by Crippen LogP contribution is 2.51. The third-order valence-corrected chi connectivity index (χ3v) is 6.32. The maximum absolute atomic E-state index is 14.5. The molecule has 4 rings (SSSR count). The van der Waals surface area contributed by atoms with Crippen LogP contribution in [-0.4, -0.2) is 53.6 Å². The topological polar surface area (TPSA) is 55.8 Å². The van der Waals surface area contributed by atoms with E-state index >= 15 is 0 Å². The Hall–Kier alpha value is -1.50. The van der Waals surface area contributed by atoms with Gasteiger partial charge in [0.05, 0.1) is 0 Å². The number of hydroxylamine groups is 1. The van der Waals surface area contributed by atoms with Crippen LogP contribution in [0.15, 0.2) is 12.1 Å². The molecule has 2 atom stereocenters. The van der Waals surface area contributed by atoms with Crippen LogP contribution in [0.25, 0.3) is 0 Å². The maximum atomic E-state index is 14.5. The second-order valence-electron chi connectivity index (χ2n) is 7.66. The van der Waals surface area contributed by atoms with Gasteiger partial charge in [0.1, 0.15) is 5.82 Å². The molecule has 2 N–H and O–H groups in total. The minimum absolute atomic E-state index is 0.180. The molecule has 1 saturated carbocycles. The van der Waals surface area contributed by atoms with Gasteiger partial charge in [-0.3, -0.25) is 14.9 Å². The van der Waals surface area contributed by atoms with Crippen molar-refractivity contribution in [1.29, 1.82) is 0 Å². The maximum Gasteiger partial charge on any atom is 0.274 e. The van der Waals surface area contributed by atoms with Crippen LogP contribution in [0.2, 0.25) is 0 Å². The lowest BCUT2D eigenvalue weighted by Crippen LogP contribution is -2.57. The van der Waals surface area contributed by atoms with Crippen LogP contribution in [-0.2, 0) is 13.0 Å². The number of halogens is 1. The number of hydrogen-bond acceptors (Lipinski definition) is 4. The fourth-order valence-electron chi connectivity index (χ4n) is 4.94. The predicted octanol–water partition coefficient (Wildman–Crippen LogP) is 1.79. The Kier molecular flexibility index (Phi) is 3.86. The second kappa shape index (κ2) is 5.79. The van der Waals surface area contributed by atoms with E-state index in [0.717, 1.165) is 31.6 Å². The molecule has 5 nitrogen and oxygen atoms in total. The number of likely N-dealkylation sites (tertiary alicyclic amines) is 1. The van der Waals surface area contributed by atoms with Gasteiger partial charge in [0.15, 0.2) is 0 Å². The van der Waals surface area contributed by atoms with Crippen LogP contribution in [0.4, 0.5) is 4.39 Å². The number of nitrogens with zero attached hydrogens (tertiary/aromatic N) is 2. The van der Waals surface area contributed by atoms with Crippen LogP contribution in [0.1, 0.15) is 40.7 Å². The number of rotatable bonds is 2. The lowest BCUT2D eigenvalue weighted by atomic mass is 9.62. The molecule has 1 spiro atoms. The van der Waals surface area contributed by atoms with E-state index in [2.05, 4.69) is 16.8 Å². The van der Waals surface area contributed by atoms with Gasteiger partial charge in [0.25, 0.3) is 5.91 Å².